The smallest absolute Gasteiger partial charge is 0.225 e. The number of amides is 1. The van der Waals surface area contributed by atoms with Crippen molar-refractivity contribution in [1.29, 1.82) is 0 Å². The Morgan fingerprint density at radius 2 is 1.90 bits per heavy atom. The molecule has 0 spiro atoms. The minimum atomic E-state index is -0.235. The predicted octanol–water partition coefficient (Wildman–Crippen LogP) is 3.82. The van der Waals surface area contributed by atoms with Gasteiger partial charge in [0.1, 0.15) is 0 Å². The van der Waals surface area contributed by atoms with Crippen molar-refractivity contribution in [1.82, 2.24) is 5.32 Å². The van der Waals surface area contributed by atoms with Crippen LogP contribution in [-0.2, 0) is 4.79 Å². The summed E-state index contributed by atoms with van der Waals surface area (Å²) in [6.07, 6.45) is 2.86. The molecule has 2 N–H and O–H groups in total. The van der Waals surface area contributed by atoms with Crippen LogP contribution in [-0.4, -0.2) is 18.5 Å². The Balaban J connectivity index is 2.44. The molecule has 0 aliphatic rings. The Morgan fingerprint density at radius 1 is 1.25 bits per heavy atom. The van der Waals surface area contributed by atoms with Gasteiger partial charge in [-0.3, -0.25) is 4.79 Å². The van der Waals surface area contributed by atoms with Crippen LogP contribution in [0.1, 0.15) is 47.0 Å². The SMILES string of the molecule is CCC[C@@](C)(CC)C(=O)NC[C@H](C)Nc1ccccc1. The number of nitrogens with one attached hydrogen (secondary N) is 2. The van der Waals surface area contributed by atoms with Gasteiger partial charge < -0.3 is 10.6 Å². The second-order valence-corrected chi connectivity index (χ2v) is 5.79. The molecule has 0 heterocycles. The minimum absolute atomic E-state index is 0.170. The van der Waals surface area contributed by atoms with Gasteiger partial charge >= 0.3 is 0 Å². The molecule has 3 nitrogen and oxygen atoms in total. The summed E-state index contributed by atoms with van der Waals surface area (Å²) < 4.78 is 0. The maximum absolute atomic E-state index is 12.3. The van der Waals surface area contributed by atoms with Gasteiger partial charge in [-0.1, -0.05) is 45.4 Å². The fraction of sp³-hybridized carbons (Fsp3) is 0.588. The van der Waals surface area contributed by atoms with E-state index in [4.69, 9.17) is 0 Å². The molecule has 0 radical (unpaired) electrons. The molecule has 1 amide bonds. The maximum Gasteiger partial charge on any atom is 0.225 e. The molecule has 1 aromatic carbocycles. The van der Waals surface area contributed by atoms with Crippen molar-refractivity contribution in [3.05, 3.63) is 30.3 Å². The van der Waals surface area contributed by atoms with E-state index < -0.39 is 0 Å². The minimum Gasteiger partial charge on any atom is -0.381 e. The largest absolute Gasteiger partial charge is 0.381 e. The first-order valence-electron chi connectivity index (χ1n) is 7.61. The molecule has 0 saturated heterocycles. The summed E-state index contributed by atoms with van der Waals surface area (Å²) in [5.41, 5.74) is 0.849. The monoisotopic (exact) mass is 276 g/mol. The van der Waals surface area contributed by atoms with Gasteiger partial charge in [0.25, 0.3) is 0 Å². The molecule has 0 saturated carbocycles. The van der Waals surface area contributed by atoms with Crippen LogP contribution in [0.15, 0.2) is 30.3 Å². The highest BCUT2D eigenvalue weighted by atomic mass is 16.2. The summed E-state index contributed by atoms with van der Waals surface area (Å²) in [6, 6.07) is 10.3. The maximum atomic E-state index is 12.3. The first kappa shape index (κ1) is 16.5. The first-order chi connectivity index (χ1) is 9.51. The summed E-state index contributed by atoms with van der Waals surface area (Å²) in [4.78, 5) is 12.3. The number of hydrogen-bond acceptors (Lipinski definition) is 2. The summed E-state index contributed by atoms with van der Waals surface area (Å²) in [5.74, 6) is 0.170. The number of anilines is 1. The number of hydrogen-bond donors (Lipinski definition) is 2. The van der Waals surface area contributed by atoms with Gasteiger partial charge in [0.15, 0.2) is 0 Å². The lowest BCUT2D eigenvalue weighted by molar-refractivity contribution is -0.130. The zero-order chi connectivity index (χ0) is 15.0. The van der Waals surface area contributed by atoms with Crippen molar-refractivity contribution >= 4 is 11.6 Å². The van der Waals surface area contributed by atoms with Crippen molar-refractivity contribution in [2.75, 3.05) is 11.9 Å². The molecule has 3 heteroatoms. The van der Waals surface area contributed by atoms with E-state index in [9.17, 15) is 4.79 Å². The predicted molar refractivity (Wildman–Crippen MR) is 85.8 cm³/mol. The zero-order valence-electron chi connectivity index (χ0n) is 13.2. The molecule has 1 aromatic rings. The van der Waals surface area contributed by atoms with Gasteiger partial charge in [0.2, 0.25) is 5.91 Å². The fourth-order valence-electron chi connectivity index (χ4n) is 2.33. The average Bonchev–Trinajstić information content (AvgIpc) is 2.46. The molecule has 2 atom stereocenters. The summed E-state index contributed by atoms with van der Waals surface area (Å²) >= 11 is 0. The summed E-state index contributed by atoms with van der Waals surface area (Å²) in [6.45, 7) is 8.99. The number of para-hydroxylation sites is 1. The lowest BCUT2D eigenvalue weighted by Gasteiger charge is -2.27. The van der Waals surface area contributed by atoms with Gasteiger partial charge in [0.05, 0.1) is 0 Å². The van der Waals surface area contributed by atoms with Crippen LogP contribution < -0.4 is 10.6 Å². The second kappa shape index (κ2) is 7.93. The van der Waals surface area contributed by atoms with E-state index in [0.29, 0.717) is 6.54 Å². The molecule has 0 unspecified atom stereocenters. The van der Waals surface area contributed by atoms with E-state index in [1.165, 1.54) is 0 Å². The van der Waals surface area contributed by atoms with Crippen molar-refractivity contribution in [2.45, 2.75) is 53.0 Å². The van der Waals surface area contributed by atoms with Crippen LogP contribution in [0.3, 0.4) is 0 Å². The second-order valence-electron chi connectivity index (χ2n) is 5.79. The highest BCUT2D eigenvalue weighted by Gasteiger charge is 2.29. The zero-order valence-corrected chi connectivity index (χ0v) is 13.2. The van der Waals surface area contributed by atoms with Gasteiger partial charge in [-0.05, 0) is 31.9 Å². The molecular formula is C17H28N2O. The highest BCUT2D eigenvalue weighted by Crippen LogP contribution is 2.27. The van der Waals surface area contributed by atoms with Crippen molar-refractivity contribution < 1.29 is 4.79 Å². The normalized spacial score (nSPS) is 15.2. The molecule has 20 heavy (non-hydrogen) atoms. The van der Waals surface area contributed by atoms with Crippen LogP contribution in [0.4, 0.5) is 5.69 Å². The quantitative estimate of drug-likeness (QED) is 0.758. The van der Waals surface area contributed by atoms with Gasteiger partial charge in [-0.15, -0.1) is 0 Å². The molecule has 112 valence electrons. The Hall–Kier alpha value is -1.51. The Bertz CT molecular complexity index is 405. The fourth-order valence-corrected chi connectivity index (χ4v) is 2.33. The standard InChI is InChI=1S/C17H28N2O/c1-5-12-17(4,6-2)16(20)18-13-14(3)19-15-10-8-7-9-11-15/h7-11,14,19H,5-6,12-13H2,1-4H3,(H,18,20)/t14-,17+/m0/s1. The van der Waals surface area contributed by atoms with Crippen LogP contribution in [0.2, 0.25) is 0 Å². The van der Waals surface area contributed by atoms with Crippen molar-refractivity contribution in [3.63, 3.8) is 0 Å². The number of carbonyl (C=O) groups excluding carboxylic acids is 1. The molecular weight excluding hydrogens is 248 g/mol. The van der Waals surface area contributed by atoms with E-state index in [1.807, 2.05) is 30.3 Å². The topological polar surface area (TPSA) is 41.1 Å². The molecule has 0 aliphatic carbocycles. The molecule has 0 aromatic heterocycles. The lowest BCUT2D eigenvalue weighted by atomic mass is 9.82. The Morgan fingerprint density at radius 3 is 2.45 bits per heavy atom. The summed E-state index contributed by atoms with van der Waals surface area (Å²) in [7, 11) is 0. The Kier molecular flexibility index (Phi) is 6.56. The highest BCUT2D eigenvalue weighted by molar-refractivity contribution is 5.82. The van der Waals surface area contributed by atoms with E-state index >= 15 is 0 Å². The number of rotatable bonds is 8. The third kappa shape index (κ3) is 4.87. The van der Waals surface area contributed by atoms with Crippen LogP contribution in [0, 0.1) is 5.41 Å². The van der Waals surface area contributed by atoms with Gasteiger partial charge in [-0.2, -0.15) is 0 Å². The lowest BCUT2D eigenvalue weighted by Crippen LogP contribution is -2.42. The molecule has 0 aliphatic heterocycles. The van der Waals surface area contributed by atoms with Crippen LogP contribution in [0.25, 0.3) is 0 Å². The van der Waals surface area contributed by atoms with E-state index in [1.54, 1.807) is 0 Å². The number of benzene rings is 1. The van der Waals surface area contributed by atoms with Gasteiger partial charge in [0, 0.05) is 23.7 Å². The average molecular weight is 276 g/mol. The molecule has 1 rings (SSSR count). The molecule has 0 fully saturated rings. The van der Waals surface area contributed by atoms with Crippen molar-refractivity contribution in [2.24, 2.45) is 5.41 Å². The third-order valence-corrected chi connectivity index (χ3v) is 3.89. The third-order valence-electron chi connectivity index (χ3n) is 3.89. The Labute approximate surface area is 123 Å². The van der Waals surface area contributed by atoms with Crippen molar-refractivity contribution in [3.8, 4) is 0 Å². The molecule has 0 bridgehead atoms. The van der Waals surface area contributed by atoms with Crippen LogP contribution in [0.5, 0.6) is 0 Å². The van der Waals surface area contributed by atoms with Crippen LogP contribution >= 0.6 is 0 Å². The van der Waals surface area contributed by atoms with E-state index in [-0.39, 0.29) is 17.4 Å². The summed E-state index contributed by atoms with van der Waals surface area (Å²) in [5, 5.41) is 6.46. The first-order valence-corrected chi connectivity index (χ1v) is 7.61. The number of carbonyl (C=O) groups is 1. The van der Waals surface area contributed by atoms with E-state index in [0.717, 1.165) is 24.9 Å². The van der Waals surface area contributed by atoms with Gasteiger partial charge in [-0.25, -0.2) is 0 Å². The van der Waals surface area contributed by atoms with E-state index in [2.05, 4.69) is 38.3 Å².